The van der Waals surface area contributed by atoms with Gasteiger partial charge in [-0.15, -0.1) is 11.3 Å². The summed E-state index contributed by atoms with van der Waals surface area (Å²) < 4.78 is 5.29. The summed E-state index contributed by atoms with van der Waals surface area (Å²) in [5, 5.41) is 9.38. The van der Waals surface area contributed by atoms with Gasteiger partial charge in [-0.25, -0.2) is 4.98 Å². The molecule has 1 aromatic heterocycles. The van der Waals surface area contributed by atoms with Crippen molar-refractivity contribution < 1.29 is 9.53 Å². The van der Waals surface area contributed by atoms with Crippen LogP contribution in [-0.4, -0.2) is 37.7 Å². The summed E-state index contributed by atoms with van der Waals surface area (Å²) in [6, 6.07) is 0. The van der Waals surface area contributed by atoms with Crippen LogP contribution in [0.4, 0.5) is 0 Å². The number of thiazole rings is 1. The fraction of sp³-hybridized carbons (Fsp3) is 0.733. The van der Waals surface area contributed by atoms with Crippen molar-refractivity contribution in [2.24, 2.45) is 5.41 Å². The second kappa shape index (κ2) is 7.33. The zero-order chi connectivity index (χ0) is 15.3. The highest BCUT2D eigenvalue weighted by molar-refractivity contribution is 7.09. The largest absolute Gasteiger partial charge is 0.384 e. The molecule has 0 aliphatic carbocycles. The minimum atomic E-state index is -0.391. The Morgan fingerprint density at radius 3 is 2.81 bits per heavy atom. The van der Waals surface area contributed by atoms with Crippen LogP contribution in [0.25, 0.3) is 0 Å². The first-order chi connectivity index (χ1) is 10.1. The molecule has 0 spiro atoms. The molecule has 118 valence electrons. The van der Waals surface area contributed by atoms with Crippen LogP contribution < -0.4 is 10.6 Å². The molecule has 1 aliphatic heterocycles. The number of methoxy groups -OCH3 is 1. The molecule has 2 heterocycles. The third kappa shape index (κ3) is 4.02. The number of amides is 1. The highest BCUT2D eigenvalue weighted by atomic mass is 32.1. The summed E-state index contributed by atoms with van der Waals surface area (Å²) in [5.74, 6) is 0.516. The molecule has 1 aliphatic rings. The quantitative estimate of drug-likeness (QED) is 0.842. The Morgan fingerprint density at radius 1 is 1.52 bits per heavy atom. The Kier molecular flexibility index (Phi) is 5.72. The SMILES string of the molecule is COCC1(C(=O)NCc2nc(C(C)C)cs2)CCNCC1. The van der Waals surface area contributed by atoms with Crippen LogP contribution >= 0.6 is 11.3 Å². The zero-order valence-corrected chi connectivity index (χ0v) is 13.9. The molecule has 0 aromatic carbocycles. The number of ether oxygens (including phenoxy) is 1. The van der Waals surface area contributed by atoms with Gasteiger partial charge in [0.05, 0.1) is 24.3 Å². The van der Waals surface area contributed by atoms with Crippen molar-refractivity contribution in [3.63, 3.8) is 0 Å². The second-order valence-electron chi connectivity index (χ2n) is 5.97. The smallest absolute Gasteiger partial charge is 0.228 e. The summed E-state index contributed by atoms with van der Waals surface area (Å²) >= 11 is 1.61. The van der Waals surface area contributed by atoms with E-state index in [1.54, 1.807) is 18.4 Å². The second-order valence-corrected chi connectivity index (χ2v) is 6.91. The van der Waals surface area contributed by atoms with Crippen molar-refractivity contribution >= 4 is 17.2 Å². The number of carbonyl (C=O) groups is 1. The number of nitrogens with one attached hydrogen (secondary N) is 2. The van der Waals surface area contributed by atoms with E-state index in [9.17, 15) is 4.79 Å². The van der Waals surface area contributed by atoms with Crippen molar-refractivity contribution in [2.45, 2.75) is 39.2 Å². The van der Waals surface area contributed by atoms with Crippen LogP contribution in [0, 0.1) is 5.41 Å². The van der Waals surface area contributed by atoms with Crippen molar-refractivity contribution in [1.29, 1.82) is 0 Å². The van der Waals surface area contributed by atoms with E-state index in [2.05, 4.69) is 34.8 Å². The molecule has 1 fully saturated rings. The molecule has 1 saturated heterocycles. The molecule has 5 nitrogen and oxygen atoms in total. The van der Waals surface area contributed by atoms with E-state index < -0.39 is 5.41 Å². The topological polar surface area (TPSA) is 63.2 Å². The Bertz CT molecular complexity index is 462. The molecule has 21 heavy (non-hydrogen) atoms. The fourth-order valence-electron chi connectivity index (χ4n) is 2.63. The highest BCUT2D eigenvalue weighted by Crippen LogP contribution is 2.29. The number of hydrogen-bond donors (Lipinski definition) is 2. The average molecular weight is 311 g/mol. The van der Waals surface area contributed by atoms with Gasteiger partial charge in [0.25, 0.3) is 0 Å². The summed E-state index contributed by atoms with van der Waals surface area (Å²) in [4.78, 5) is 17.1. The van der Waals surface area contributed by atoms with Crippen molar-refractivity contribution in [3.05, 3.63) is 16.1 Å². The molecule has 0 unspecified atom stereocenters. The van der Waals surface area contributed by atoms with Gasteiger partial charge in [0, 0.05) is 12.5 Å². The van der Waals surface area contributed by atoms with Gasteiger partial charge in [-0.3, -0.25) is 4.79 Å². The standard InChI is InChI=1S/C15H25N3O2S/c1-11(2)12-9-21-13(18-12)8-17-14(19)15(10-20-3)4-6-16-7-5-15/h9,11,16H,4-8,10H2,1-3H3,(H,17,19). The van der Waals surface area contributed by atoms with E-state index in [4.69, 9.17) is 4.74 Å². The Hall–Kier alpha value is -0.980. The highest BCUT2D eigenvalue weighted by Gasteiger charge is 2.39. The summed E-state index contributed by atoms with van der Waals surface area (Å²) in [6.45, 7) is 6.97. The Balaban J connectivity index is 1.95. The molecular formula is C15H25N3O2S. The number of aromatic nitrogens is 1. The maximum absolute atomic E-state index is 12.6. The third-order valence-corrected chi connectivity index (χ3v) is 4.89. The molecule has 0 radical (unpaired) electrons. The predicted octanol–water partition coefficient (Wildman–Crippen LogP) is 1.90. The lowest BCUT2D eigenvalue weighted by Crippen LogP contribution is -2.49. The van der Waals surface area contributed by atoms with Gasteiger partial charge in [-0.05, 0) is 31.8 Å². The molecule has 0 saturated carbocycles. The van der Waals surface area contributed by atoms with E-state index in [-0.39, 0.29) is 5.91 Å². The number of piperidine rings is 1. The minimum absolute atomic E-state index is 0.0900. The molecule has 1 amide bonds. The van der Waals surface area contributed by atoms with Gasteiger partial charge in [-0.1, -0.05) is 13.8 Å². The number of rotatable bonds is 6. The number of nitrogens with zero attached hydrogens (tertiary/aromatic N) is 1. The van der Waals surface area contributed by atoms with Crippen molar-refractivity contribution in [1.82, 2.24) is 15.6 Å². The third-order valence-electron chi connectivity index (χ3n) is 4.02. The Labute approximate surface area is 130 Å². The first-order valence-corrected chi connectivity index (χ1v) is 8.37. The van der Waals surface area contributed by atoms with Gasteiger partial charge in [0.1, 0.15) is 5.01 Å². The average Bonchev–Trinajstić information content (AvgIpc) is 2.95. The fourth-order valence-corrected chi connectivity index (χ4v) is 3.53. The summed E-state index contributed by atoms with van der Waals surface area (Å²) in [7, 11) is 1.66. The molecular weight excluding hydrogens is 286 g/mol. The maximum atomic E-state index is 12.6. The maximum Gasteiger partial charge on any atom is 0.228 e. The molecule has 0 atom stereocenters. The zero-order valence-electron chi connectivity index (χ0n) is 13.1. The molecule has 6 heteroatoms. The minimum Gasteiger partial charge on any atom is -0.384 e. The van der Waals surface area contributed by atoms with E-state index in [0.717, 1.165) is 36.6 Å². The van der Waals surface area contributed by atoms with Crippen LogP contribution in [-0.2, 0) is 16.1 Å². The lowest BCUT2D eigenvalue weighted by Gasteiger charge is -2.35. The van der Waals surface area contributed by atoms with Gasteiger partial charge < -0.3 is 15.4 Å². The monoisotopic (exact) mass is 311 g/mol. The van der Waals surface area contributed by atoms with Crippen LogP contribution in [0.5, 0.6) is 0 Å². The Morgan fingerprint density at radius 2 is 2.24 bits per heavy atom. The van der Waals surface area contributed by atoms with Gasteiger partial charge in [-0.2, -0.15) is 0 Å². The lowest BCUT2D eigenvalue weighted by molar-refractivity contribution is -0.136. The van der Waals surface area contributed by atoms with Gasteiger partial charge >= 0.3 is 0 Å². The van der Waals surface area contributed by atoms with Crippen LogP contribution in [0.3, 0.4) is 0 Å². The van der Waals surface area contributed by atoms with E-state index in [1.165, 1.54) is 0 Å². The lowest BCUT2D eigenvalue weighted by atomic mass is 9.78. The first-order valence-electron chi connectivity index (χ1n) is 7.50. The van der Waals surface area contributed by atoms with Crippen molar-refractivity contribution in [2.75, 3.05) is 26.8 Å². The van der Waals surface area contributed by atoms with E-state index in [1.807, 2.05) is 0 Å². The van der Waals surface area contributed by atoms with Crippen LogP contribution in [0.2, 0.25) is 0 Å². The van der Waals surface area contributed by atoms with Crippen LogP contribution in [0.15, 0.2) is 5.38 Å². The predicted molar refractivity (Wildman–Crippen MR) is 84.5 cm³/mol. The summed E-state index contributed by atoms with van der Waals surface area (Å²) in [6.07, 6.45) is 1.64. The molecule has 2 rings (SSSR count). The van der Waals surface area contributed by atoms with Gasteiger partial charge in [0.2, 0.25) is 5.91 Å². The number of carbonyl (C=O) groups excluding carboxylic acids is 1. The first kappa shape index (κ1) is 16.4. The molecule has 0 bridgehead atoms. The van der Waals surface area contributed by atoms with Crippen molar-refractivity contribution in [3.8, 4) is 0 Å². The van der Waals surface area contributed by atoms with Crippen LogP contribution in [0.1, 0.15) is 43.3 Å². The van der Waals surface area contributed by atoms with E-state index in [0.29, 0.717) is 19.1 Å². The normalized spacial score (nSPS) is 17.9. The molecule has 2 N–H and O–H groups in total. The molecule has 1 aromatic rings. The number of hydrogen-bond acceptors (Lipinski definition) is 5. The summed E-state index contributed by atoms with van der Waals surface area (Å²) in [5.41, 5.74) is 0.704. The van der Waals surface area contributed by atoms with Gasteiger partial charge in [0.15, 0.2) is 0 Å². The van der Waals surface area contributed by atoms with E-state index >= 15 is 0 Å².